The summed E-state index contributed by atoms with van der Waals surface area (Å²) in [6, 6.07) is 8.37. The van der Waals surface area contributed by atoms with E-state index in [0.29, 0.717) is 23.1 Å². The van der Waals surface area contributed by atoms with E-state index in [1.54, 1.807) is 0 Å². The van der Waals surface area contributed by atoms with E-state index in [0.717, 1.165) is 12.1 Å². The predicted molar refractivity (Wildman–Crippen MR) is 83.9 cm³/mol. The molecule has 0 aliphatic heterocycles. The molecule has 0 aromatic heterocycles. The molecule has 0 saturated heterocycles. The monoisotopic (exact) mass is 290 g/mol. The lowest BCUT2D eigenvalue weighted by molar-refractivity contribution is -0.119. The predicted octanol–water partition coefficient (Wildman–Crippen LogP) is 2.46. The summed E-state index contributed by atoms with van der Waals surface area (Å²) in [6.07, 6.45) is 2.48. The number of carbonyl (C=O) groups excluding carboxylic acids is 1. The third-order valence-electron chi connectivity index (χ3n) is 4.18. The quantitative estimate of drug-likeness (QED) is 0.846. The second-order valence-electron chi connectivity index (χ2n) is 6.94. The van der Waals surface area contributed by atoms with Gasteiger partial charge in [0.15, 0.2) is 6.61 Å². The Bertz CT molecular complexity index is 499. The molecule has 1 aromatic carbocycles. The first-order valence-electron chi connectivity index (χ1n) is 7.59. The van der Waals surface area contributed by atoms with Crippen LogP contribution < -0.4 is 15.8 Å². The van der Waals surface area contributed by atoms with Crippen molar-refractivity contribution in [3.8, 4) is 5.75 Å². The fourth-order valence-corrected chi connectivity index (χ4v) is 3.32. The molecule has 1 saturated carbocycles. The molecule has 0 unspecified atom stereocenters. The molecule has 0 spiro atoms. The zero-order valence-electron chi connectivity index (χ0n) is 13.2. The highest BCUT2D eigenvalue weighted by atomic mass is 16.5. The van der Waals surface area contributed by atoms with Crippen LogP contribution in [0.25, 0.3) is 0 Å². The van der Waals surface area contributed by atoms with E-state index < -0.39 is 5.91 Å². The summed E-state index contributed by atoms with van der Waals surface area (Å²) in [7, 11) is 0. The molecule has 21 heavy (non-hydrogen) atoms. The van der Waals surface area contributed by atoms with Gasteiger partial charge < -0.3 is 15.8 Å². The SMILES string of the molecule is C[C@@H]1CC(C)(C)C[C@@H]1NCc1cccc(OCC(N)=O)c1. The van der Waals surface area contributed by atoms with Crippen LogP contribution in [0.4, 0.5) is 0 Å². The number of benzene rings is 1. The van der Waals surface area contributed by atoms with Gasteiger partial charge in [-0.3, -0.25) is 4.79 Å². The molecule has 1 aliphatic carbocycles. The molecule has 4 nitrogen and oxygen atoms in total. The Kier molecular flexibility index (Phi) is 4.88. The normalized spacial score (nSPS) is 24.0. The van der Waals surface area contributed by atoms with Gasteiger partial charge in [0, 0.05) is 12.6 Å². The van der Waals surface area contributed by atoms with E-state index in [2.05, 4.69) is 32.2 Å². The number of ether oxygens (including phenoxy) is 1. The molecular weight excluding hydrogens is 264 g/mol. The van der Waals surface area contributed by atoms with E-state index in [1.807, 2.05) is 18.2 Å². The molecular formula is C17H26N2O2. The highest BCUT2D eigenvalue weighted by Crippen LogP contribution is 2.40. The van der Waals surface area contributed by atoms with E-state index in [9.17, 15) is 4.79 Å². The molecule has 2 rings (SSSR count). The van der Waals surface area contributed by atoms with Crippen molar-refractivity contribution in [1.82, 2.24) is 5.32 Å². The Morgan fingerprint density at radius 3 is 2.81 bits per heavy atom. The van der Waals surface area contributed by atoms with E-state index in [-0.39, 0.29) is 6.61 Å². The summed E-state index contributed by atoms with van der Waals surface area (Å²) in [5.41, 5.74) is 6.68. The Labute approximate surface area is 127 Å². The van der Waals surface area contributed by atoms with E-state index >= 15 is 0 Å². The zero-order chi connectivity index (χ0) is 15.5. The van der Waals surface area contributed by atoms with Crippen LogP contribution in [0.5, 0.6) is 5.75 Å². The van der Waals surface area contributed by atoms with Crippen molar-refractivity contribution >= 4 is 5.91 Å². The van der Waals surface area contributed by atoms with Crippen molar-refractivity contribution in [2.75, 3.05) is 6.61 Å². The average Bonchev–Trinajstić information content (AvgIpc) is 2.67. The first-order valence-corrected chi connectivity index (χ1v) is 7.59. The maximum atomic E-state index is 10.7. The van der Waals surface area contributed by atoms with Crippen molar-refractivity contribution in [3.05, 3.63) is 29.8 Å². The number of primary amides is 1. The maximum absolute atomic E-state index is 10.7. The van der Waals surface area contributed by atoms with Gasteiger partial charge >= 0.3 is 0 Å². The number of rotatable bonds is 6. The zero-order valence-corrected chi connectivity index (χ0v) is 13.2. The van der Waals surface area contributed by atoms with Crippen LogP contribution in [0, 0.1) is 11.3 Å². The Hall–Kier alpha value is -1.55. The number of hydrogen-bond donors (Lipinski definition) is 2. The third kappa shape index (κ3) is 4.74. The van der Waals surface area contributed by atoms with Gasteiger partial charge in [0.2, 0.25) is 0 Å². The molecule has 1 aliphatic rings. The average molecular weight is 290 g/mol. The number of nitrogens with two attached hydrogens (primary N) is 1. The fraction of sp³-hybridized carbons (Fsp3) is 0.588. The molecule has 0 heterocycles. The lowest BCUT2D eigenvalue weighted by atomic mass is 9.91. The first kappa shape index (κ1) is 15.8. The summed E-state index contributed by atoms with van der Waals surface area (Å²) in [5, 5.41) is 3.65. The molecule has 1 amide bonds. The van der Waals surface area contributed by atoms with Crippen LogP contribution in [-0.2, 0) is 11.3 Å². The Morgan fingerprint density at radius 2 is 2.19 bits per heavy atom. The molecule has 116 valence electrons. The topological polar surface area (TPSA) is 64.3 Å². The third-order valence-corrected chi connectivity index (χ3v) is 4.18. The smallest absolute Gasteiger partial charge is 0.255 e. The van der Waals surface area contributed by atoms with Gasteiger partial charge in [0.05, 0.1) is 0 Å². The summed E-state index contributed by atoms with van der Waals surface area (Å²) in [5.74, 6) is 0.933. The van der Waals surface area contributed by atoms with Crippen molar-refractivity contribution in [2.24, 2.45) is 17.1 Å². The lowest BCUT2D eigenvalue weighted by Crippen LogP contribution is -2.31. The second-order valence-corrected chi connectivity index (χ2v) is 6.94. The fourth-order valence-electron chi connectivity index (χ4n) is 3.32. The highest BCUT2D eigenvalue weighted by molar-refractivity contribution is 5.75. The van der Waals surface area contributed by atoms with Gasteiger partial charge in [0.25, 0.3) is 5.91 Å². The van der Waals surface area contributed by atoms with Crippen LogP contribution in [0.2, 0.25) is 0 Å². The summed E-state index contributed by atoms with van der Waals surface area (Å²) < 4.78 is 5.33. The van der Waals surface area contributed by atoms with Crippen LogP contribution >= 0.6 is 0 Å². The Balaban J connectivity index is 1.88. The number of nitrogens with one attached hydrogen (secondary N) is 1. The van der Waals surface area contributed by atoms with Crippen molar-refractivity contribution < 1.29 is 9.53 Å². The number of hydrogen-bond acceptors (Lipinski definition) is 3. The molecule has 3 N–H and O–H groups in total. The maximum Gasteiger partial charge on any atom is 0.255 e. The minimum absolute atomic E-state index is 0.0786. The lowest BCUT2D eigenvalue weighted by Gasteiger charge is -2.19. The summed E-state index contributed by atoms with van der Waals surface area (Å²) in [6.45, 7) is 7.73. The molecule has 0 radical (unpaired) electrons. The largest absolute Gasteiger partial charge is 0.484 e. The van der Waals surface area contributed by atoms with Crippen molar-refractivity contribution in [2.45, 2.75) is 46.2 Å². The van der Waals surface area contributed by atoms with E-state index in [4.69, 9.17) is 10.5 Å². The van der Waals surface area contributed by atoms with Gasteiger partial charge in [-0.05, 0) is 41.9 Å². The second kappa shape index (κ2) is 6.48. The highest BCUT2D eigenvalue weighted by Gasteiger charge is 2.36. The minimum Gasteiger partial charge on any atom is -0.484 e. The van der Waals surface area contributed by atoms with Crippen LogP contribution in [0.15, 0.2) is 24.3 Å². The molecule has 0 bridgehead atoms. The first-order chi connectivity index (χ1) is 9.85. The van der Waals surface area contributed by atoms with Crippen molar-refractivity contribution in [3.63, 3.8) is 0 Å². The number of amides is 1. The minimum atomic E-state index is -0.458. The van der Waals surface area contributed by atoms with Crippen LogP contribution in [-0.4, -0.2) is 18.6 Å². The summed E-state index contributed by atoms with van der Waals surface area (Å²) >= 11 is 0. The van der Waals surface area contributed by atoms with Gasteiger partial charge in [0.1, 0.15) is 5.75 Å². The van der Waals surface area contributed by atoms with Gasteiger partial charge in [-0.15, -0.1) is 0 Å². The molecule has 1 aromatic rings. The van der Waals surface area contributed by atoms with Crippen molar-refractivity contribution in [1.29, 1.82) is 0 Å². The van der Waals surface area contributed by atoms with Gasteiger partial charge in [-0.2, -0.15) is 0 Å². The molecule has 1 fully saturated rings. The van der Waals surface area contributed by atoms with E-state index in [1.165, 1.54) is 12.8 Å². The van der Waals surface area contributed by atoms with Gasteiger partial charge in [-0.25, -0.2) is 0 Å². The molecule has 2 atom stereocenters. The Morgan fingerprint density at radius 1 is 1.43 bits per heavy atom. The number of carbonyl (C=O) groups is 1. The molecule has 4 heteroatoms. The van der Waals surface area contributed by atoms with Crippen LogP contribution in [0.1, 0.15) is 39.2 Å². The summed E-state index contributed by atoms with van der Waals surface area (Å²) in [4.78, 5) is 10.7. The van der Waals surface area contributed by atoms with Crippen LogP contribution in [0.3, 0.4) is 0 Å². The van der Waals surface area contributed by atoms with Gasteiger partial charge in [-0.1, -0.05) is 32.9 Å². The standard InChI is InChI=1S/C17H26N2O2/c1-12-8-17(2,3)9-15(12)19-10-13-5-4-6-14(7-13)21-11-16(18)20/h4-7,12,15,19H,8-11H2,1-3H3,(H2,18,20)/t12-,15+/m1/s1.